The van der Waals surface area contributed by atoms with E-state index in [2.05, 4.69) is 6.08 Å². The van der Waals surface area contributed by atoms with Gasteiger partial charge in [0.25, 0.3) is 0 Å². The maximum Gasteiger partial charge on any atom is 0.335 e. The first kappa shape index (κ1) is 11.2. The van der Waals surface area contributed by atoms with E-state index in [9.17, 15) is 4.79 Å². The molecule has 88 valence electrons. The number of rotatable bonds is 1. The summed E-state index contributed by atoms with van der Waals surface area (Å²) in [5.41, 5.74) is 1.99. The summed E-state index contributed by atoms with van der Waals surface area (Å²) in [5, 5.41) is 0. The first-order valence-corrected chi connectivity index (χ1v) is 5.45. The van der Waals surface area contributed by atoms with Crippen molar-refractivity contribution in [3.8, 4) is 0 Å². The summed E-state index contributed by atoms with van der Waals surface area (Å²) in [7, 11) is 3.34. The maximum atomic E-state index is 11.5. The number of carbonyl (C=O) groups is 1. The van der Waals surface area contributed by atoms with E-state index in [-0.39, 0.29) is 18.1 Å². The van der Waals surface area contributed by atoms with Gasteiger partial charge in [0.2, 0.25) is 0 Å². The highest BCUT2D eigenvalue weighted by Crippen LogP contribution is 2.37. The van der Waals surface area contributed by atoms with E-state index >= 15 is 0 Å². The van der Waals surface area contributed by atoms with Crippen LogP contribution in [0.3, 0.4) is 0 Å². The minimum Gasteiger partial charge on any atom is -0.466 e. The third-order valence-corrected chi connectivity index (χ3v) is 3.26. The summed E-state index contributed by atoms with van der Waals surface area (Å²) in [6.45, 7) is 2.68. The molecule has 0 aliphatic carbocycles. The number of nitrogens with zero attached hydrogens (tertiary/aromatic N) is 1. The molecule has 0 aromatic rings. The first-order chi connectivity index (χ1) is 7.67. The third kappa shape index (κ3) is 1.73. The molecule has 0 aromatic heterocycles. The van der Waals surface area contributed by atoms with Gasteiger partial charge in [-0.15, -0.1) is 0 Å². The molecule has 0 spiro atoms. The summed E-state index contributed by atoms with van der Waals surface area (Å²) in [6.07, 6.45) is 4.69. The highest BCUT2D eigenvalue weighted by molar-refractivity contribution is 5.88. The lowest BCUT2D eigenvalue weighted by Gasteiger charge is -2.32. The summed E-state index contributed by atoms with van der Waals surface area (Å²) < 4.78 is 10.5. The molecule has 2 rings (SSSR count). The van der Waals surface area contributed by atoms with Gasteiger partial charge in [0, 0.05) is 19.2 Å². The summed E-state index contributed by atoms with van der Waals surface area (Å²) in [5.74, 6) is 0.0433. The summed E-state index contributed by atoms with van der Waals surface area (Å²) in [4.78, 5) is 13.5. The van der Waals surface area contributed by atoms with Crippen molar-refractivity contribution >= 4 is 5.97 Å². The lowest BCUT2D eigenvalue weighted by molar-refractivity contribution is -0.137. The fourth-order valence-corrected chi connectivity index (χ4v) is 2.39. The smallest absolute Gasteiger partial charge is 0.335 e. The van der Waals surface area contributed by atoms with Crippen LogP contribution in [0.25, 0.3) is 0 Å². The second kappa shape index (κ2) is 4.29. The number of carbonyl (C=O) groups excluding carboxylic acids is 1. The number of ether oxygens (including phenoxy) is 2. The Morgan fingerprint density at radius 3 is 3.06 bits per heavy atom. The number of methoxy groups -OCH3 is 1. The van der Waals surface area contributed by atoms with Gasteiger partial charge in [-0.05, 0) is 18.9 Å². The van der Waals surface area contributed by atoms with E-state index in [1.165, 1.54) is 12.7 Å². The van der Waals surface area contributed by atoms with Crippen LogP contribution in [0.1, 0.15) is 13.3 Å². The van der Waals surface area contributed by atoms with Crippen molar-refractivity contribution in [2.75, 3.05) is 20.8 Å². The Bertz CT molecular complexity index is 359. The Hall–Kier alpha value is -1.29. The van der Waals surface area contributed by atoms with Crippen molar-refractivity contribution < 1.29 is 14.3 Å². The van der Waals surface area contributed by atoms with Crippen LogP contribution in [0.4, 0.5) is 0 Å². The fraction of sp³-hybridized carbons (Fsp3) is 0.583. The standard InChI is InChI=1S/C12H17NO3/c1-4-8-7-16-11-10(8)5-9(6-13(11)2)12(14)15-3/h4,6,10-11H,5,7H2,1-3H3/b8-4-/t10-,11+/m0/s1. The largest absolute Gasteiger partial charge is 0.466 e. The van der Waals surface area contributed by atoms with Crippen molar-refractivity contribution in [2.24, 2.45) is 5.92 Å². The van der Waals surface area contributed by atoms with Gasteiger partial charge in [0.15, 0.2) is 0 Å². The third-order valence-electron chi connectivity index (χ3n) is 3.26. The van der Waals surface area contributed by atoms with Gasteiger partial charge >= 0.3 is 5.97 Å². The number of allylic oxidation sites excluding steroid dienone is 1. The molecule has 0 radical (unpaired) electrons. The van der Waals surface area contributed by atoms with Crippen molar-refractivity contribution in [3.63, 3.8) is 0 Å². The van der Waals surface area contributed by atoms with E-state index in [1.54, 1.807) is 0 Å². The lowest BCUT2D eigenvalue weighted by atomic mass is 9.89. The van der Waals surface area contributed by atoms with E-state index < -0.39 is 0 Å². The molecule has 0 saturated carbocycles. The van der Waals surface area contributed by atoms with Gasteiger partial charge in [0.05, 0.1) is 19.3 Å². The molecule has 0 bridgehead atoms. The van der Waals surface area contributed by atoms with E-state index in [0.717, 1.165) is 5.57 Å². The molecule has 4 heteroatoms. The Morgan fingerprint density at radius 1 is 1.69 bits per heavy atom. The first-order valence-electron chi connectivity index (χ1n) is 5.45. The molecule has 0 N–H and O–H groups in total. The highest BCUT2D eigenvalue weighted by Gasteiger charge is 2.39. The van der Waals surface area contributed by atoms with Crippen LogP contribution >= 0.6 is 0 Å². The van der Waals surface area contributed by atoms with Crippen molar-refractivity contribution in [1.29, 1.82) is 0 Å². The van der Waals surface area contributed by atoms with E-state index in [1.807, 2.05) is 25.1 Å². The predicted molar refractivity (Wildman–Crippen MR) is 59.5 cm³/mol. The monoisotopic (exact) mass is 223 g/mol. The van der Waals surface area contributed by atoms with Gasteiger partial charge in [-0.25, -0.2) is 4.79 Å². The molecular weight excluding hydrogens is 206 g/mol. The Kier molecular flexibility index (Phi) is 3.01. The minimum atomic E-state index is -0.243. The van der Waals surface area contributed by atoms with E-state index in [0.29, 0.717) is 13.0 Å². The predicted octanol–water partition coefficient (Wildman–Crippen LogP) is 1.30. The topological polar surface area (TPSA) is 38.8 Å². The molecule has 2 atom stereocenters. The second-order valence-electron chi connectivity index (χ2n) is 4.19. The minimum absolute atomic E-state index is 0.0691. The molecule has 2 aliphatic heterocycles. The SMILES string of the molecule is C/C=C1/CO[C@@H]2[C@H]1CC(C(=O)OC)=CN2C. The van der Waals surface area contributed by atoms with Crippen LogP contribution in [-0.2, 0) is 14.3 Å². The van der Waals surface area contributed by atoms with Gasteiger partial charge in [-0.1, -0.05) is 6.08 Å². The number of hydrogen-bond acceptors (Lipinski definition) is 4. The molecule has 2 heterocycles. The number of esters is 1. The molecule has 0 unspecified atom stereocenters. The quantitative estimate of drug-likeness (QED) is 0.496. The van der Waals surface area contributed by atoms with Crippen LogP contribution < -0.4 is 0 Å². The molecule has 0 amide bonds. The molecule has 16 heavy (non-hydrogen) atoms. The second-order valence-corrected chi connectivity index (χ2v) is 4.19. The zero-order valence-corrected chi connectivity index (χ0v) is 9.90. The van der Waals surface area contributed by atoms with Crippen LogP contribution in [0.2, 0.25) is 0 Å². The van der Waals surface area contributed by atoms with Gasteiger partial charge in [-0.3, -0.25) is 0 Å². The maximum absolute atomic E-state index is 11.5. The van der Waals surface area contributed by atoms with Crippen molar-refractivity contribution in [1.82, 2.24) is 4.90 Å². The number of hydrogen-bond donors (Lipinski definition) is 0. The molecular formula is C12H17NO3. The summed E-state index contributed by atoms with van der Waals surface area (Å²) >= 11 is 0. The van der Waals surface area contributed by atoms with Gasteiger partial charge < -0.3 is 14.4 Å². The Morgan fingerprint density at radius 2 is 2.44 bits per heavy atom. The van der Waals surface area contributed by atoms with Crippen molar-refractivity contribution in [3.05, 3.63) is 23.4 Å². The van der Waals surface area contributed by atoms with Crippen LogP contribution in [-0.4, -0.2) is 37.9 Å². The molecule has 1 saturated heterocycles. The normalized spacial score (nSPS) is 31.3. The molecule has 1 fully saturated rings. The number of fused-ring (bicyclic) bond motifs is 1. The van der Waals surface area contributed by atoms with Crippen LogP contribution in [0.15, 0.2) is 23.4 Å². The zero-order chi connectivity index (χ0) is 11.7. The van der Waals surface area contributed by atoms with Gasteiger partial charge in [-0.2, -0.15) is 0 Å². The van der Waals surface area contributed by atoms with Crippen LogP contribution in [0, 0.1) is 5.92 Å². The fourth-order valence-electron chi connectivity index (χ4n) is 2.39. The average molecular weight is 223 g/mol. The average Bonchev–Trinajstić information content (AvgIpc) is 2.71. The molecule has 4 nitrogen and oxygen atoms in total. The summed E-state index contributed by atoms with van der Waals surface area (Å²) in [6, 6.07) is 0. The lowest BCUT2D eigenvalue weighted by Crippen LogP contribution is -2.37. The zero-order valence-electron chi connectivity index (χ0n) is 9.90. The Labute approximate surface area is 95.5 Å². The van der Waals surface area contributed by atoms with Gasteiger partial charge in [0.1, 0.15) is 6.23 Å². The Balaban J connectivity index is 2.23. The molecule has 0 aromatic carbocycles. The highest BCUT2D eigenvalue weighted by atomic mass is 16.5. The molecule has 2 aliphatic rings. The van der Waals surface area contributed by atoms with E-state index in [4.69, 9.17) is 9.47 Å². The van der Waals surface area contributed by atoms with Crippen molar-refractivity contribution in [2.45, 2.75) is 19.6 Å². The van der Waals surface area contributed by atoms with Crippen LogP contribution in [0.5, 0.6) is 0 Å².